The van der Waals surface area contributed by atoms with Gasteiger partial charge in [0.1, 0.15) is 5.75 Å². The molecule has 0 unspecified atom stereocenters. The van der Waals surface area contributed by atoms with E-state index in [4.69, 9.17) is 27.9 Å². The van der Waals surface area contributed by atoms with E-state index >= 15 is 0 Å². The first-order valence-corrected chi connectivity index (χ1v) is 8.37. The Kier molecular flexibility index (Phi) is 7.00. The Hall–Kier alpha value is -2.57. The molecular weight excluding hydrogens is 377 g/mol. The van der Waals surface area contributed by atoms with E-state index in [1.54, 1.807) is 43.3 Å². The summed E-state index contributed by atoms with van der Waals surface area (Å²) < 4.78 is 5.10. The highest BCUT2D eigenvalue weighted by Gasteiger charge is 2.10. The number of anilines is 1. The van der Waals surface area contributed by atoms with Crippen LogP contribution in [-0.2, 0) is 4.79 Å². The highest BCUT2D eigenvalue weighted by atomic mass is 35.5. The smallest absolute Gasteiger partial charge is 0.271 e. The normalized spacial score (nSPS) is 11.0. The predicted octanol–water partition coefficient (Wildman–Crippen LogP) is 4.14. The standard InChI is InChI=1S/C18H17Cl2N3O3/c1-11(22-23-18(25)12-4-3-5-13(19)9-12)8-17(24)21-16-10-14(26-2)6-7-15(16)20/h3-7,9-10H,8H2,1-2H3,(H,21,24)(H,23,25). The number of hydrogen-bond acceptors (Lipinski definition) is 4. The van der Waals surface area contributed by atoms with Crippen LogP contribution in [0, 0.1) is 0 Å². The number of halogens is 2. The van der Waals surface area contributed by atoms with E-state index in [1.165, 1.54) is 13.2 Å². The van der Waals surface area contributed by atoms with Crippen LogP contribution in [0.25, 0.3) is 0 Å². The van der Waals surface area contributed by atoms with Crippen molar-refractivity contribution in [3.05, 3.63) is 58.1 Å². The molecule has 0 saturated heterocycles. The van der Waals surface area contributed by atoms with Crippen molar-refractivity contribution in [3.8, 4) is 5.75 Å². The first kappa shape index (κ1) is 19.8. The Morgan fingerprint density at radius 3 is 2.62 bits per heavy atom. The fourth-order valence-electron chi connectivity index (χ4n) is 2.03. The molecule has 0 bridgehead atoms. The molecule has 2 aromatic carbocycles. The third-order valence-corrected chi connectivity index (χ3v) is 3.86. The molecule has 0 aromatic heterocycles. The molecule has 0 aliphatic carbocycles. The molecule has 0 fully saturated rings. The molecule has 136 valence electrons. The average Bonchev–Trinajstić information content (AvgIpc) is 2.61. The number of nitrogens with zero attached hydrogens (tertiary/aromatic N) is 1. The van der Waals surface area contributed by atoms with Crippen LogP contribution in [-0.4, -0.2) is 24.6 Å². The maximum absolute atomic E-state index is 12.1. The Balaban J connectivity index is 1.94. The second-order valence-electron chi connectivity index (χ2n) is 5.37. The molecule has 0 radical (unpaired) electrons. The van der Waals surface area contributed by atoms with Crippen LogP contribution in [0.3, 0.4) is 0 Å². The molecule has 0 heterocycles. The van der Waals surface area contributed by atoms with Gasteiger partial charge in [0, 0.05) is 22.4 Å². The number of benzene rings is 2. The van der Waals surface area contributed by atoms with Gasteiger partial charge in [0.2, 0.25) is 5.91 Å². The Morgan fingerprint density at radius 1 is 1.15 bits per heavy atom. The number of ether oxygens (including phenoxy) is 1. The second-order valence-corrected chi connectivity index (χ2v) is 6.21. The van der Waals surface area contributed by atoms with Crippen LogP contribution in [0.15, 0.2) is 47.6 Å². The number of carbonyl (C=O) groups excluding carboxylic acids is 2. The molecule has 2 aromatic rings. The first-order valence-electron chi connectivity index (χ1n) is 7.61. The molecule has 2 rings (SSSR count). The van der Waals surface area contributed by atoms with Gasteiger partial charge in [-0.3, -0.25) is 9.59 Å². The van der Waals surface area contributed by atoms with Crippen LogP contribution in [0.1, 0.15) is 23.7 Å². The van der Waals surface area contributed by atoms with E-state index in [0.717, 1.165) is 0 Å². The molecule has 8 heteroatoms. The van der Waals surface area contributed by atoms with Gasteiger partial charge in [0.05, 0.1) is 24.2 Å². The number of methoxy groups -OCH3 is 1. The van der Waals surface area contributed by atoms with Crippen molar-refractivity contribution >= 4 is 46.4 Å². The van der Waals surface area contributed by atoms with Crippen molar-refractivity contribution in [2.45, 2.75) is 13.3 Å². The summed E-state index contributed by atoms with van der Waals surface area (Å²) in [6, 6.07) is 11.4. The van der Waals surface area contributed by atoms with Gasteiger partial charge in [-0.15, -0.1) is 0 Å². The summed E-state index contributed by atoms with van der Waals surface area (Å²) in [6.07, 6.45) is -0.0106. The number of hydrogen-bond donors (Lipinski definition) is 2. The van der Waals surface area contributed by atoms with Crippen molar-refractivity contribution in [3.63, 3.8) is 0 Å². The Bertz CT molecular complexity index is 853. The van der Waals surface area contributed by atoms with Gasteiger partial charge in [-0.05, 0) is 37.3 Å². The molecule has 0 saturated carbocycles. The highest BCUT2D eigenvalue weighted by Crippen LogP contribution is 2.26. The third kappa shape index (κ3) is 5.75. The summed E-state index contributed by atoms with van der Waals surface area (Å²) >= 11 is 11.9. The third-order valence-electron chi connectivity index (χ3n) is 3.30. The lowest BCUT2D eigenvalue weighted by Gasteiger charge is -2.09. The maximum Gasteiger partial charge on any atom is 0.271 e. The van der Waals surface area contributed by atoms with Crippen LogP contribution in [0.4, 0.5) is 5.69 Å². The van der Waals surface area contributed by atoms with Crippen molar-refractivity contribution in [2.24, 2.45) is 5.10 Å². The molecule has 0 atom stereocenters. The number of amides is 2. The average molecular weight is 394 g/mol. The molecule has 0 spiro atoms. The van der Waals surface area contributed by atoms with Gasteiger partial charge in [0.25, 0.3) is 5.91 Å². The zero-order valence-electron chi connectivity index (χ0n) is 14.2. The minimum Gasteiger partial charge on any atom is -0.497 e. The van der Waals surface area contributed by atoms with Gasteiger partial charge < -0.3 is 10.1 Å². The summed E-state index contributed by atoms with van der Waals surface area (Å²) in [4.78, 5) is 24.1. The van der Waals surface area contributed by atoms with Gasteiger partial charge in [-0.2, -0.15) is 5.10 Å². The monoisotopic (exact) mass is 393 g/mol. The lowest BCUT2D eigenvalue weighted by atomic mass is 10.2. The van der Waals surface area contributed by atoms with Crippen LogP contribution in [0.5, 0.6) is 5.75 Å². The lowest BCUT2D eigenvalue weighted by Crippen LogP contribution is -2.21. The SMILES string of the molecule is COc1ccc(Cl)c(NC(=O)CC(C)=NNC(=O)c2cccc(Cl)c2)c1. The van der Waals surface area contributed by atoms with E-state index in [-0.39, 0.29) is 12.3 Å². The fraction of sp³-hybridized carbons (Fsp3) is 0.167. The van der Waals surface area contributed by atoms with Crippen molar-refractivity contribution in [2.75, 3.05) is 12.4 Å². The van der Waals surface area contributed by atoms with E-state index in [0.29, 0.717) is 32.8 Å². The van der Waals surface area contributed by atoms with Crippen LogP contribution < -0.4 is 15.5 Å². The van der Waals surface area contributed by atoms with E-state index in [2.05, 4.69) is 15.8 Å². The highest BCUT2D eigenvalue weighted by molar-refractivity contribution is 6.34. The Labute approximate surface area is 161 Å². The molecule has 0 aliphatic heterocycles. The zero-order chi connectivity index (χ0) is 19.1. The van der Waals surface area contributed by atoms with Gasteiger partial charge in [0.15, 0.2) is 0 Å². The van der Waals surface area contributed by atoms with Crippen molar-refractivity contribution < 1.29 is 14.3 Å². The minimum atomic E-state index is -0.414. The number of hydrazone groups is 1. The van der Waals surface area contributed by atoms with Gasteiger partial charge in [-0.25, -0.2) is 5.43 Å². The summed E-state index contributed by atoms with van der Waals surface area (Å²) in [5, 5.41) is 7.45. The summed E-state index contributed by atoms with van der Waals surface area (Å²) in [6.45, 7) is 1.63. The topological polar surface area (TPSA) is 79.8 Å². The Morgan fingerprint density at radius 2 is 1.92 bits per heavy atom. The number of carbonyl (C=O) groups is 2. The number of nitrogens with one attached hydrogen (secondary N) is 2. The predicted molar refractivity (Wildman–Crippen MR) is 103 cm³/mol. The van der Waals surface area contributed by atoms with Crippen LogP contribution in [0.2, 0.25) is 10.0 Å². The zero-order valence-corrected chi connectivity index (χ0v) is 15.7. The summed E-state index contributed by atoms with van der Waals surface area (Å²) in [5.74, 6) is -0.162. The number of rotatable bonds is 6. The molecule has 6 nitrogen and oxygen atoms in total. The van der Waals surface area contributed by atoms with E-state index < -0.39 is 5.91 Å². The van der Waals surface area contributed by atoms with Gasteiger partial charge >= 0.3 is 0 Å². The summed E-state index contributed by atoms with van der Waals surface area (Å²) in [7, 11) is 1.52. The minimum absolute atomic E-state index is 0.0106. The van der Waals surface area contributed by atoms with Crippen LogP contribution >= 0.6 is 23.2 Å². The molecule has 26 heavy (non-hydrogen) atoms. The maximum atomic E-state index is 12.1. The molecular formula is C18H17Cl2N3O3. The van der Waals surface area contributed by atoms with Gasteiger partial charge in [-0.1, -0.05) is 29.3 Å². The lowest BCUT2D eigenvalue weighted by molar-refractivity contribution is -0.115. The molecule has 2 amide bonds. The fourth-order valence-corrected chi connectivity index (χ4v) is 2.39. The van der Waals surface area contributed by atoms with E-state index in [1.807, 2.05) is 0 Å². The van der Waals surface area contributed by atoms with E-state index in [9.17, 15) is 9.59 Å². The summed E-state index contributed by atoms with van der Waals surface area (Å²) in [5.41, 5.74) is 3.63. The second kappa shape index (κ2) is 9.22. The van der Waals surface area contributed by atoms with Crippen molar-refractivity contribution in [1.82, 2.24) is 5.43 Å². The molecule has 2 N–H and O–H groups in total. The largest absolute Gasteiger partial charge is 0.497 e. The van der Waals surface area contributed by atoms with Crippen molar-refractivity contribution in [1.29, 1.82) is 0 Å². The molecule has 0 aliphatic rings. The quantitative estimate of drug-likeness (QED) is 0.571. The first-order chi connectivity index (χ1) is 12.4.